The van der Waals surface area contributed by atoms with Crippen molar-refractivity contribution in [2.75, 3.05) is 19.8 Å². The molecule has 2 N–H and O–H groups in total. The number of unbranched alkanes of at least 4 members (excludes halogenated alkanes) is 1. The first-order valence-corrected chi connectivity index (χ1v) is 6.27. The van der Waals surface area contributed by atoms with E-state index in [0.29, 0.717) is 24.9 Å². The summed E-state index contributed by atoms with van der Waals surface area (Å²) >= 11 is 0. The molecule has 0 aliphatic carbocycles. The van der Waals surface area contributed by atoms with Crippen LogP contribution in [0.4, 0.5) is 0 Å². The quantitative estimate of drug-likeness (QED) is 0.642. The van der Waals surface area contributed by atoms with Gasteiger partial charge in [0.2, 0.25) is 5.91 Å². The molecule has 1 saturated heterocycles. The fraction of sp³-hybridized carbons (Fsp3) is 0.917. The third-order valence-corrected chi connectivity index (χ3v) is 3.12. The van der Waals surface area contributed by atoms with Crippen LogP contribution in [0.25, 0.3) is 0 Å². The average molecular weight is 229 g/mol. The predicted molar refractivity (Wildman–Crippen MR) is 62.1 cm³/mol. The van der Waals surface area contributed by atoms with Crippen LogP contribution >= 0.6 is 0 Å². The van der Waals surface area contributed by atoms with Crippen molar-refractivity contribution >= 4 is 5.91 Å². The number of carbonyl (C=O) groups is 1. The molecule has 1 heterocycles. The molecule has 4 nitrogen and oxygen atoms in total. The van der Waals surface area contributed by atoms with E-state index in [1.807, 2.05) is 0 Å². The van der Waals surface area contributed by atoms with Crippen LogP contribution < -0.4 is 5.32 Å². The number of aliphatic hydroxyl groups is 1. The largest absolute Gasteiger partial charge is 0.396 e. The summed E-state index contributed by atoms with van der Waals surface area (Å²) in [6.45, 7) is 3.84. The van der Waals surface area contributed by atoms with E-state index in [4.69, 9.17) is 9.84 Å². The van der Waals surface area contributed by atoms with Gasteiger partial charge in [0.15, 0.2) is 0 Å². The molecule has 0 radical (unpaired) electrons. The normalized spacial score (nSPS) is 24.6. The zero-order chi connectivity index (χ0) is 11.8. The van der Waals surface area contributed by atoms with Crippen LogP contribution in [0.5, 0.6) is 0 Å². The first-order chi connectivity index (χ1) is 7.77. The van der Waals surface area contributed by atoms with Crippen LogP contribution in [-0.2, 0) is 9.53 Å². The lowest BCUT2D eigenvalue weighted by molar-refractivity contribution is -0.121. The van der Waals surface area contributed by atoms with Gasteiger partial charge in [-0.3, -0.25) is 4.79 Å². The summed E-state index contributed by atoms with van der Waals surface area (Å²) < 4.78 is 5.56. The minimum absolute atomic E-state index is 0.0928. The molecule has 2 unspecified atom stereocenters. The number of amides is 1. The van der Waals surface area contributed by atoms with Crippen molar-refractivity contribution in [3.63, 3.8) is 0 Å². The second-order valence-electron chi connectivity index (χ2n) is 4.35. The Balaban J connectivity index is 2.11. The number of nitrogens with one attached hydrogen (secondary N) is 1. The Morgan fingerprint density at radius 1 is 1.50 bits per heavy atom. The zero-order valence-electron chi connectivity index (χ0n) is 10.1. The SMILES string of the molecule is CCC1OCCC1CNC(=O)CCCCO. The van der Waals surface area contributed by atoms with E-state index in [1.54, 1.807) is 0 Å². The van der Waals surface area contributed by atoms with E-state index < -0.39 is 0 Å². The lowest BCUT2D eigenvalue weighted by Gasteiger charge is -2.17. The molecule has 0 aromatic rings. The second-order valence-corrected chi connectivity index (χ2v) is 4.35. The number of aliphatic hydroxyl groups excluding tert-OH is 1. The fourth-order valence-corrected chi connectivity index (χ4v) is 2.11. The Hall–Kier alpha value is -0.610. The predicted octanol–water partition coefficient (Wildman–Crippen LogP) is 1.08. The second kappa shape index (κ2) is 7.63. The topological polar surface area (TPSA) is 58.6 Å². The maximum absolute atomic E-state index is 11.4. The van der Waals surface area contributed by atoms with E-state index in [0.717, 1.165) is 32.4 Å². The zero-order valence-corrected chi connectivity index (χ0v) is 10.1. The van der Waals surface area contributed by atoms with E-state index in [-0.39, 0.29) is 12.5 Å². The van der Waals surface area contributed by atoms with E-state index in [9.17, 15) is 4.79 Å². The first-order valence-electron chi connectivity index (χ1n) is 6.27. The lowest BCUT2D eigenvalue weighted by atomic mass is 9.99. The Morgan fingerprint density at radius 2 is 2.31 bits per heavy atom. The summed E-state index contributed by atoms with van der Waals surface area (Å²) in [5.74, 6) is 0.571. The molecule has 0 aromatic carbocycles. The highest BCUT2D eigenvalue weighted by molar-refractivity contribution is 5.75. The molecule has 0 aromatic heterocycles. The van der Waals surface area contributed by atoms with Crippen molar-refractivity contribution < 1.29 is 14.6 Å². The summed E-state index contributed by atoms with van der Waals surface area (Å²) in [7, 11) is 0. The fourth-order valence-electron chi connectivity index (χ4n) is 2.11. The summed E-state index contributed by atoms with van der Waals surface area (Å²) in [4.78, 5) is 11.4. The molecule has 4 heteroatoms. The molecular weight excluding hydrogens is 206 g/mol. The number of hydrogen-bond acceptors (Lipinski definition) is 3. The standard InChI is InChI=1S/C12H23NO3/c1-2-11-10(6-8-16-11)9-13-12(15)5-3-4-7-14/h10-11,14H,2-9H2,1H3,(H,13,15). The summed E-state index contributed by atoms with van der Waals surface area (Å²) in [6, 6.07) is 0. The first kappa shape index (κ1) is 13.5. The van der Waals surface area contributed by atoms with Crippen LogP contribution in [0.3, 0.4) is 0 Å². The van der Waals surface area contributed by atoms with Crippen molar-refractivity contribution in [3.05, 3.63) is 0 Å². The molecule has 1 rings (SSSR count). The molecule has 94 valence electrons. The number of rotatable bonds is 7. The van der Waals surface area contributed by atoms with Crippen LogP contribution in [0.2, 0.25) is 0 Å². The highest BCUT2D eigenvalue weighted by atomic mass is 16.5. The summed E-state index contributed by atoms with van der Waals surface area (Å²) in [6.07, 6.45) is 4.38. The monoisotopic (exact) mass is 229 g/mol. The van der Waals surface area contributed by atoms with Gasteiger partial charge in [-0.1, -0.05) is 6.92 Å². The van der Waals surface area contributed by atoms with Gasteiger partial charge in [0.05, 0.1) is 6.10 Å². The van der Waals surface area contributed by atoms with Crippen molar-refractivity contribution in [3.8, 4) is 0 Å². The van der Waals surface area contributed by atoms with Crippen LogP contribution in [-0.4, -0.2) is 36.9 Å². The Bertz CT molecular complexity index is 208. The number of ether oxygens (including phenoxy) is 1. The molecular formula is C12H23NO3. The number of carbonyl (C=O) groups excluding carboxylic acids is 1. The van der Waals surface area contributed by atoms with Gasteiger partial charge in [-0.2, -0.15) is 0 Å². The minimum Gasteiger partial charge on any atom is -0.396 e. The summed E-state index contributed by atoms with van der Waals surface area (Å²) in [5.41, 5.74) is 0. The smallest absolute Gasteiger partial charge is 0.220 e. The molecule has 1 amide bonds. The Kier molecular flexibility index (Phi) is 6.42. The van der Waals surface area contributed by atoms with Gasteiger partial charge >= 0.3 is 0 Å². The third kappa shape index (κ3) is 4.49. The molecule has 1 aliphatic heterocycles. The summed E-state index contributed by atoms with van der Waals surface area (Å²) in [5, 5.41) is 11.5. The van der Waals surface area contributed by atoms with Gasteiger partial charge in [-0.25, -0.2) is 0 Å². The van der Waals surface area contributed by atoms with Crippen LogP contribution in [0.15, 0.2) is 0 Å². The van der Waals surface area contributed by atoms with Crippen molar-refractivity contribution in [2.45, 2.75) is 45.1 Å². The highest BCUT2D eigenvalue weighted by Crippen LogP contribution is 2.22. The Labute approximate surface area is 97.4 Å². The molecule has 2 atom stereocenters. The molecule has 1 fully saturated rings. The van der Waals surface area contributed by atoms with Gasteiger partial charge < -0.3 is 15.2 Å². The van der Waals surface area contributed by atoms with Gasteiger partial charge in [0.1, 0.15) is 0 Å². The maximum atomic E-state index is 11.4. The lowest BCUT2D eigenvalue weighted by Crippen LogP contribution is -2.32. The van der Waals surface area contributed by atoms with Gasteiger partial charge in [-0.05, 0) is 25.7 Å². The third-order valence-electron chi connectivity index (χ3n) is 3.12. The van der Waals surface area contributed by atoms with Crippen molar-refractivity contribution in [1.29, 1.82) is 0 Å². The molecule has 16 heavy (non-hydrogen) atoms. The number of hydrogen-bond donors (Lipinski definition) is 2. The van der Waals surface area contributed by atoms with Crippen molar-refractivity contribution in [2.24, 2.45) is 5.92 Å². The van der Waals surface area contributed by atoms with E-state index in [2.05, 4.69) is 12.2 Å². The average Bonchev–Trinajstić information content (AvgIpc) is 2.74. The van der Waals surface area contributed by atoms with Gasteiger partial charge in [0.25, 0.3) is 0 Å². The van der Waals surface area contributed by atoms with E-state index in [1.165, 1.54) is 0 Å². The molecule has 0 spiro atoms. The molecule has 0 bridgehead atoms. The van der Waals surface area contributed by atoms with Crippen LogP contribution in [0, 0.1) is 5.92 Å². The molecule has 1 aliphatic rings. The van der Waals surface area contributed by atoms with Crippen molar-refractivity contribution in [1.82, 2.24) is 5.32 Å². The maximum Gasteiger partial charge on any atom is 0.220 e. The van der Waals surface area contributed by atoms with Gasteiger partial charge in [-0.15, -0.1) is 0 Å². The van der Waals surface area contributed by atoms with E-state index >= 15 is 0 Å². The molecule has 0 saturated carbocycles. The van der Waals surface area contributed by atoms with Crippen LogP contribution in [0.1, 0.15) is 39.0 Å². The Morgan fingerprint density at radius 3 is 3.00 bits per heavy atom. The highest BCUT2D eigenvalue weighted by Gasteiger charge is 2.26. The van der Waals surface area contributed by atoms with Gasteiger partial charge in [0, 0.05) is 32.1 Å². The minimum atomic E-state index is 0.0928.